The Kier molecular flexibility index (Phi) is 7.67. The number of halogens is 2. The predicted octanol–water partition coefficient (Wildman–Crippen LogP) is 6.84. The van der Waals surface area contributed by atoms with Gasteiger partial charge in [-0.25, -0.2) is 8.78 Å². The zero-order chi connectivity index (χ0) is 22.4. The van der Waals surface area contributed by atoms with E-state index in [2.05, 4.69) is 37.5 Å². The standard InChI is InChI=1S/C27H32F2N2/c1-5-30(6-2)21-14-16-23(25(28)18-21)27(20-12-10-9-11-13-20)24-17-15-22(19-26(24)29)31(7-3)8-4/h9-19,27H,5-8H2,1-4H3. The van der Waals surface area contributed by atoms with E-state index in [1.54, 1.807) is 24.3 Å². The second-order valence-corrected chi connectivity index (χ2v) is 7.60. The topological polar surface area (TPSA) is 6.48 Å². The summed E-state index contributed by atoms with van der Waals surface area (Å²) in [6, 6.07) is 20.2. The highest BCUT2D eigenvalue weighted by Crippen LogP contribution is 2.37. The highest BCUT2D eigenvalue weighted by atomic mass is 19.1. The van der Waals surface area contributed by atoms with E-state index in [4.69, 9.17) is 0 Å². The van der Waals surface area contributed by atoms with Crippen molar-refractivity contribution >= 4 is 11.4 Å². The van der Waals surface area contributed by atoms with Crippen molar-refractivity contribution < 1.29 is 8.78 Å². The first-order chi connectivity index (χ1) is 15.0. The van der Waals surface area contributed by atoms with Crippen molar-refractivity contribution in [1.82, 2.24) is 0 Å². The lowest BCUT2D eigenvalue weighted by molar-refractivity contribution is 0.586. The number of rotatable bonds is 9. The molecule has 3 rings (SSSR count). The summed E-state index contributed by atoms with van der Waals surface area (Å²) in [6.45, 7) is 11.4. The third-order valence-electron chi connectivity index (χ3n) is 5.98. The van der Waals surface area contributed by atoms with Crippen LogP contribution < -0.4 is 9.80 Å². The molecule has 0 spiro atoms. The van der Waals surface area contributed by atoms with E-state index in [0.717, 1.165) is 43.1 Å². The summed E-state index contributed by atoms with van der Waals surface area (Å²) in [5.41, 5.74) is 3.52. The van der Waals surface area contributed by atoms with E-state index >= 15 is 8.78 Å². The largest absolute Gasteiger partial charge is 0.372 e. The van der Waals surface area contributed by atoms with Crippen LogP contribution >= 0.6 is 0 Å². The van der Waals surface area contributed by atoms with Crippen molar-refractivity contribution in [2.45, 2.75) is 33.6 Å². The molecule has 0 fully saturated rings. The summed E-state index contributed by atoms with van der Waals surface area (Å²) in [5.74, 6) is -1.14. The highest BCUT2D eigenvalue weighted by molar-refractivity contribution is 5.55. The molecule has 0 saturated heterocycles. The van der Waals surface area contributed by atoms with Crippen LogP contribution in [0.1, 0.15) is 50.3 Å². The second-order valence-electron chi connectivity index (χ2n) is 7.60. The van der Waals surface area contributed by atoms with Crippen LogP contribution in [0.3, 0.4) is 0 Å². The summed E-state index contributed by atoms with van der Waals surface area (Å²) < 4.78 is 30.8. The van der Waals surface area contributed by atoms with E-state index in [-0.39, 0.29) is 11.6 Å². The maximum atomic E-state index is 15.4. The average molecular weight is 423 g/mol. The molecule has 0 radical (unpaired) electrons. The van der Waals surface area contributed by atoms with Crippen LogP contribution in [0.4, 0.5) is 20.2 Å². The molecule has 0 N–H and O–H groups in total. The van der Waals surface area contributed by atoms with E-state index in [0.29, 0.717) is 11.1 Å². The van der Waals surface area contributed by atoms with Gasteiger partial charge in [-0.3, -0.25) is 0 Å². The van der Waals surface area contributed by atoms with Crippen molar-refractivity contribution in [1.29, 1.82) is 0 Å². The van der Waals surface area contributed by atoms with Crippen molar-refractivity contribution in [3.05, 3.63) is 95.1 Å². The maximum Gasteiger partial charge on any atom is 0.129 e. The molecule has 3 aromatic carbocycles. The minimum Gasteiger partial charge on any atom is -0.372 e. The molecular formula is C27H32F2N2. The molecule has 4 heteroatoms. The van der Waals surface area contributed by atoms with Gasteiger partial charge in [0.15, 0.2) is 0 Å². The molecule has 3 aromatic rings. The Bertz CT molecular complexity index is 918. The Morgan fingerprint density at radius 2 is 1.03 bits per heavy atom. The number of benzene rings is 3. The fourth-order valence-corrected chi connectivity index (χ4v) is 4.24. The smallest absolute Gasteiger partial charge is 0.129 e. The third-order valence-corrected chi connectivity index (χ3v) is 5.98. The van der Waals surface area contributed by atoms with Gasteiger partial charge in [-0.1, -0.05) is 42.5 Å². The Morgan fingerprint density at radius 3 is 1.39 bits per heavy atom. The summed E-state index contributed by atoms with van der Waals surface area (Å²) in [6.07, 6.45) is 0. The number of nitrogens with zero attached hydrogens (tertiary/aromatic N) is 2. The van der Waals surface area contributed by atoms with Gasteiger partial charge in [0.1, 0.15) is 11.6 Å². The molecule has 2 nitrogen and oxygen atoms in total. The van der Waals surface area contributed by atoms with Gasteiger partial charge in [0, 0.05) is 43.5 Å². The van der Waals surface area contributed by atoms with Gasteiger partial charge in [-0.05, 0) is 68.7 Å². The SMILES string of the molecule is CCN(CC)c1ccc(C(c2ccccc2)c2ccc(N(CC)CC)cc2F)c(F)c1. The van der Waals surface area contributed by atoms with Crippen LogP contribution in [0.2, 0.25) is 0 Å². The van der Waals surface area contributed by atoms with Crippen LogP contribution in [0.5, 0.6) is 0 Å². The van der Waals surface area contributed by atoms with Gasteiger partial charge < -0.3 is 9.80 Å². The first-order valence-electron chi connectivity index (χ1n) is 11.2. The molecule has 164 valence electrons. The van der Waals surface area contributed by atoms with E-state index in [9.17, 15) is 0 Å². The fraction of sp³-hybridized carbons (Fsp3) is 0.333. The normalized spacial score (nSPS) is 11.1. The first kappa shape index (κ1) is 22.8. The fourth-order valence-electron chi connectivity index (χ4n) is 4.24. The summed E-state index contributed by atoms with van der Waals surface area (Å²) >= 11 is 0. The minimum absolute atomic E-state index is 0.314. The molecule has 0 saturated carbocycles. The van der Waals surface area contributed by atoms with Crippen LogP contribution in [-0.4, -0.2) is 26.2 Å². The maximum absolute atomic E-state index is 15.4. The molecule has 0 aliphatic heterocycles. The number of hydrogen-bond donors (Lipinski definition) is 0. The van der Waals surface area contributed by atoms with E-state index in [1.165, 1.54) is 0 Å². The van der Waals surface area contributed by atoms with Crippen LogP contribution in [0.25, 0.3) is 0 Å². The van der Waals surface area contributed by atoms with Crippen molar-refractivity contribution in [3.8, 4) is 0 Å². The Morgan fingerprint density at radius 1 is 0.613 bits per heavy atom. The van der Waals surface area contributed by atoms with Crippen molar-refractivity contribution in [2.24, 2.45) is 0 Å². The number of anilines is 2. The zero-order valence-corrected chi connectivity index (χ0v) is 18.9. The Labute approximate surface area is 185 Å². The highest BCUT2D eigenvalue weighted by Gasteiger charge is 2.24. The molecule has 31 heavy (non-hydrogen) atoms. The third kappa shape index (κ3) is 4.90. The second kappa shape index (κ2) is 10.4. The minimum atomic E-state index is -0.516. The summed E-state index contributed by atoms with van der Waals surface area (Å²) in [5, 5.41) is 0. The molecule has 0 atom stereocenters. The molecular weight excluding hydrogens is 390 g/mol. The molecule has 0 unspecified atom stereocenters. The van der Waals surface area contributed by atoms with Crippen molar-refractivity contribution in [3.63, 3.8) is 0 Å². The summed E-state index contributed by atoms with van der Waals surface area (Å²) in [7, 11) is 0. The van der Waals surface area contributed by atoms with Gasteiger partial charge in [0.05, 0.1) is 0 Å². The predicted molar refractivity (Wildman–Crippen MR) is 127 cm³/mol. The summed E-state index contributed by atoms with van der Waals surface area (Å²) in [4.78, 5) is 4.20. The van der Waals surface area contributed by atoms with Gasteiger partial charge in [-0.2, -0.15) is 0 Å². The van der Waals surface area contributed by atoms with Crippen LogP contribution in [-0.2, 0) is 0 Å². The van der Waals surface area contributed by atoms with E-state index in [1.807, 2.05) is 42.5 Å². The monoisotopic (exact) mass is 422 g/mol. The van der Waals surface area contributed by atoms with E-state index < -0.39 is 5.92 Å². The van der Waals surface area contributed by atoms with Gasteiger partial charge in [0.25, 0.3) is 0 Å². The van der Waals surface area contributed by atoms with Gasteiger partial charge in [0.2, 0.25) is 0 Å². The Hall–Kier alpha value is -2.88. The van der Waals surface area contributed by atoms with Crippen LogP contribution in [0.15, 0.2) is 66.7 Å². The van der Waals surface area contributed by atoms with Gasteiger partial charge in [-0.15, -0.1) is 0 Å². The average Bonchev–Trinajstić information content (AvgIpc) is 2.79. The number of hydrogen-bond acceptors (Lipinski definition) is 2. The molecule has 0 heterocycles. The molecule has 0 aromatic heterocycles. The zero-order valence-electron chi connectivity index (χ0n) is 18.9. The lowest BCUT2D eigenvalue weighted by atomic mass is 9.84. The Balaban J connectivity index is 2.11. The quantitative estimate of drug-likeness (QED) is 0.348. The molecule has 0 aliphatic rings. The van der Waals surface area contributed by atoms with Crippen LogP contribution in [0, 0.1) is 11.6 Å². The molecule has 0 bridgehead atoms. The lowest BCUT2D eigenvalue weighted by Gasteiger charge is -2.25. The lowest BCUT2D eigenvalue weighted by Crippen LogP contribution is -2.22. The van der Waals surface area contributed by atoms with Crippen molar-refractivity contribution in [2.75, 3.05) is 36.0 Å². The molecule has 0 aliphatic carbocycles. The van der Waals surface area contributed by atoms with Gasteiger partial charge >= 0.3 is 0 Å². The first-order valence-corrected chi connectivity index (χ1v) is 11.2. The molecule has 0 amide bonds.